The zero-order chi connectivity index (χ0) is 13.9. The second-order valence-corrected chi connectivity index (χ2v) is 6.26. The first kappa shape index (κ1) is 14.8. The number of esters is 1. The number of H-pyrrole nitrogens is 1. The highest BCUT2D eigenvalue weighted by Crippen LogP contribution is 2.15. The molecule has 1 unspecified atom stereocenters. The summed E-state index contributed by atoms with van der Waals surface area (Å²) in [7, 11) is -2.87. The number of methoxy groups -OCH3 is 1. The van der Waals surface area contributed by atoms with Crippen molar-refractivity contribution in [1.29, 1.82) is 0 Å². The summed E-state index contributed by atoms with van der Waals surface area (Å²) >= 11 is 0.528. The van der Waals surface area contributed by atoms with Crippen LogP contribution in [0.15, 0.2) is 9.00 Å². The number of aromatic amines is 1. The summed E-state index contributed by atoms with van der Waals surface area (Å²) in [5.74, 6) is -0.948. The van der Waals surface area contributed by atoms with Gasteiger partial charge in [0.05, 0.1) is 7.11 Å². The van der Waals surface area contributed by atoms with Crippen molar-refractivity contribution in [3.8, 4) is 0 Å². The van der Waals surface area contributed by atoms with E-state index in [2.05, 4.69) is 9.72 Å². The van der Waals surface area contributed by atoms with Crippen molar-refractivity contribution in [2.45, 2.75) is 17.2 Å². The van der Waals surface area contributed by atoms with E-state index in [0.29, 0.717) is 11.3 Å². The number of rotatable bonds is 5. The van der Waals surface area contributed by atoms with Crippen LogP contribution in [0.1, 0.15) is 5.69 Å². The van der Waals surface area contributed by atoms with Gasteiger partial charge in [0.2, 0.25) is 0 Å². The van der Waals surface area contributed by atoms with Gasteiger partial charge in [-0.3, -0.25) is 4.79 Å². The summed E-state index contributed by atoms with van der Waals surface area (Å²) in [5.41, 5.74) is 0.199. The van der Waals surface area contributed by atoms with Crippen LogP contribution < -0.4 is 9.60 Å². The Morgan fingerprint density at radius 2 is 2.22 bits per heavy atom. The van der Waals surface area contributed by atoms with Crippen LogP contribution >= 0.6 is 11.3 Å². The fraction of sp³-hybridized carbons (Fsp3) is 0.500. The molecule has 1 aromatic heterocycles. The quantitative estimate of drug-likeness (QED) is 0.571. The molecule has 10 heteroatoms. The summed E-state index contributed by atoms with van der Waals surface area (Å²) in [6.07, 6.45) is -1.60. The number of hydrogen-bond acceptors (Lipinski definition) is 7. The maximum Gasteiger partial charge on any atom is 0.336 e. The number of carbonyl (C=O) groups excluding carboxylic acids is 1. The molecule has 3 N–H and O–H groups in total. The Labute approximate surface area is 107 Å². The summed E-state index contributed by atoms with van der Waals surface area (Å²) in [6.45, 7) is 0.906. The lowest BCUT2D eigenvalue weighted by molar-refractivity contribution is -0.149. The van der Waals surface area contributed by atoms with E-state index in [1.54, 1.807) is 0 Å². The first-order valence-corrected chi connectivity index (χ1v) is 7.03. The molecule has 0 amide bonds. The van der Waals surface area contributed by atoms with Crippen LogP contribution in [0.25, 0.3) is 0 Å². The highest BCUT2D eigenvalue weighted by atomic mass is 32.2. The van der Waals surface area contributed by atoms with Gasteiger partial charge in [-0.15, -0.1) is 0 Å². The van der Waals surface area contributed by atoms with Crippen molar-refractivity contribution in [2.75, 3.05) is 13.7 Å². The largest absolute Gasteiger partial charge is 0.467 e. The lowest BCUT2D eigenvalue weighted by atomic mass is 10.4. The number of sulfonamides is 1. The van der Waals surface area contributed by atoms with Gasteiger partial charge in [0, 0.05) is 12.2 Å². The van der Waals surface area contributed by atoms with Crippen LogP contribution in [0.2, 0.25) is 0 Å². The fourth-order valence-corrected chi connectivity index (χ4v) is 3.50. The van der Waals surface area contributed by atoms with Gasteiger partial charge in [0.25, 0.3) is 10.0 Å². The molecule has 0 saturated heterocycles. The maximum atomic E-state index is 11.8. The number of aliphatic hydroxyl groups is 1. The lowest BCUT2D eigenvalue weighted by Gasteiger charge is -2.09. The molecule has 0 fully saturated rings. The molecule has 8 nitrogen and oxygen atoms in total. The van der Waals surface area contributed by atoms with E-state index in [0.717, 1.165) is 7.11 Å². The van der Waals surface area contributed by atoms with Gasteiger partial charge in [-0.25, -0.2) is 17.9 Å². The summed E-state index contributed by atoms with van der Waals surface area (Å²) in [4.78, 5) is 23.7. The van der Waals surface area contributed by atoms with E-state index < -0.39 is 33.5 Å². The Hall–Kier alpha value is -1.23. The number of hydrogen-bond donors (Lipinski definition) is 3. The van der Waals surface area contributed by atoms with Gasteiger partial charge in [-0.1, -0.05) is 11.3 Å². The second-order valence-electron chi connectivity index (χ2n) is 3.32. The number of carbonyl (C=O) groups is 1. The van der Waals surface area contributed by atoms with Crippen LogP contribution in [0.4, 0.5) is 0 Å². The Bertz CT molecular complexity index is 587. The van der Waals surface area contributed by atoms with E-state index in [4.69, 9.17) is 0 Å². The van der Waals surface area contributed by atoms with E-state index in [9.17, 15) is 23.1 Å². The summed E-state index contributed by atoms with van der Waals surface area (Å²) < 4.78 is 29.6. The molecular formula is C8H12N2O6S2. The first-order valence-electron chi connectivity index (χ1n) is 4.73. The van der Waals surface area contributed by atoms with Crippen molar-refractivity contribution in [2.24, 2.45) is 0 Å². The molecule has 0 aliphatic heterocycles. The number of aliphatic hydroxyl groups excluding tert-OH is 1. The predicted octanol–water partition coefficient (Wildman–Crippen LogP) is -1.44. The molecular weight excluding hydrogens is 284 g/mol. The van der Waals surface area contributed by atoms with Crippen LogP contribution in [0.5, 0.6) is 0 Å². The molecule has 0 spiro atoms. The maximum absolute atomic E-state index is 11.8. The SMILES string of the molecule is COC(=O)C(O)CNS(=O)(=O)c1sc(=O)[nH]c1C. The molecule has 0 aliphatic carbocycles. The number of aromatic nitrogens is 1. The third-order valence-electron chi connectivity index (χ3n) is 1.97. The number of aryl methyl sites for hydroxylation is 1. The second kappa shape index (κ2) is 5.61. The van der Waals surface area contributed by atoms with Crippen LogP contribution in [-0.2, 0) is 19.6 Å². The van der Waals surface area contributed by atoms with Gasteiger partial charge in [-0.2, -0.15) is 0 Å². The van der Waals surface area contributed by atoms with Gasteiger partial charge < -0.3 is 14.8 Å². The van der Waals surface area contributed by atoms with Gasteiger partial charge in [0.1, 0.15) is 0 Å². The zero-order valence-electron chi connectivity index (χ0n) is 9.59. The number of thiazole rings is 1. The fourth-order valence-electron chi connectivity index (χ4n) is 1.12. The van der Waals surface area contributed by atoms with Gasteiger partial charge >= 0.3 is 10.8 Å². The minimum atomic E-state index is -3.94. The lowest BCUT2D eigenvalue weighted by Crippen LogP contribution is -2.37. The first-order chi connectivity index (χ1) is 8.27. The van der Waals surface area contributed by atoms with Crippen LogP contribution in [0, 0.1) is 6.92 Å². The molecule has 1 aromatic rings. The zero-order valence-corrected chi connectivity index (χ0v) is 11.2. The molecule has 0 aromatic carbocycles. The monoisotopic (exact) mass is 296 g/mol. The normalized spacial score (nSPS) is 13.3. The van der Waals surface area contributed by atoms with Crippen LogP contribution in [0.3, 0.4) is 0 Å². The summed E-state index contributed by atoms with van der Waals surface area (Å²) in [5, 5.41) is 9.23. The third-order valence-corrected chi connectivity index (χ3v) is 4.99. The average molecular weight is 296 g/mol. The third kappa shape index (κ3) is 3.38. The standard InChI is InChI=1S/C8H12N2O6S2/c1-4-7(17-8(13)10-4)18(14,15)9-3-5(11)6(12)16-2/h5,9,11H,3H2,1-2H3,(H,10,13). The molecule has 0 saturated carbocycles. The highest BCUT2D eigenvalue weighted by molar-refractivity contribution is 7.91. The average Bonchev–Trinajstić information content (AvgIpc) is 2.65. The molecule has 18 heavy (non-hydrogen) atoms. The number of ether oxygens (including phenoxy) is 1. The molecule has 1 heterocycles. The Balaban J connectivity index is 2.81. The smallest absolute Gasteiger partial charge is 0.336 e. The van der Waals surface area contributed by atoms with Crippen molar-refractivity contribution in [3.63, 3.8) is 0 Å². The Morgan fingerprint density at radius 3 is 2.67 bits per heavy atom. The Kier molecular flexibility index (Phi) is 4.62. The molecule has 0 aliphatic rings. The van der Waals surface area contributed by atoms with Gasteiger partial charge in [-0.05, 0) is 6.92 Å². The Morgan fingerprint density at radius 1 is 1.61 bits per heavy atom. The molecule has 0 radical (unpaired) electrons. The number of nitrogens with one attached hydrogen (secondary N) is 2. The van der Waals surface area contributed by atoms with Gasteiger partial charge in [0.15, 0.2) is 10.3 Å². The van der Waals surface area contributed by atoms with Crippen LogP contribution in [-0.4, -0.2) is 44.2 Å². The minimum Gasteiger partial charge on any atom is -0.467 e. The minimum absolute atomic E-state index is 0.176. The predicted molar refractivity (Wildman–Crippen MR) is 62.9 cm³/mol. The molecule has 0 bridgehead atoms. The van der Waals surface area contributed by atoms with Crippen molar-refractivity contribution >= 4 is 27.3 Å². The van der Waals surface area contributed by atoms with Crippen molar-refractivity contribution in [3.05, 3.63) is 15.4 Å². The van der Waals surface area contributed by atoms with E-state index in [1.807, 2.05) is 4.72 Å². The van der Waals surface area contributed by atoms with Crippen molar-refractivity contribution < 1.29 is 23.1 Å². The van der Waals surface area contributed by atoms with E-state index in [1.165, 1.54) is 6.92 Å². The molecule has 1 atom stereocenters. The molecule has 102 valence electrons. The summed E-state index contributed by atoms with van der Waals surface area (Å²) in [6, 6.07) is 0. The van der Waals surface area contributed by atoms with E-state index in [-0.39, 0.29) is 9.90 Å². The van der Waals surface area contributed by atoms with E-state index >= 15 is 0 Å². The van der Waals surface area contributed by atoms with Crippen molar-refractivity contribution in [1.82, 2.24) is 9.71 Å². The topological polar surface area (TPSA) is 126 Å². The highest BCUT2D eigenvalue weighted by Gasteiger charge is 2.23. The molecule has 1 rings (SSSR count).